The maximum Gasteiger partial charge on any atom is 0.316 e. The van der Waals surface area contributed by atoms with Crippen LogP contribution in [0.2, 0.25) is 0 Å². The number of nitrogens with one attached hydrogen (secondary N) is 1. The van der Waals surface area contributed by atoms with Crippen LogP contribution in [0.25, 0.3) is 0 Å². The number of H-pyrrole nitrogens is 1. The molecular weight excluding hydrogens is 462 g/mol. The summed E-state index contributed by atoms with van der Waals surface area (Å²) in [7, 11) is 1.46. The standard InChI is InChI=1S/C23H20F2N6O4/c1-13-26-11-17(12-27-13)35-20-18(24)6-14(7-19(20)25)3-4-34-23-30-10-16(21(32)31-23)5-15-8-28-22(33-2)29-9-15/h6-12H,3-5H2,1-2H3,(H,30,31,32). The molecule has 12 heteroatoms. The minimum absolute atomic E-state index is 0.00926. The molecule has 1 aromatic carbocycles. The summed E-state index contributed by atoms with van der Waals surface area (Å²) < 4.78 is 44.4. The lowest BCUT2D eigenvalue weighted by molar-refractivity contribution is 0.294. The van der Waals surface area contributed by atoms with Crippen molar-refractivity contribution in [3.63, 3.8) is 0 Å². The topological polar surface area (TPSA) is 125 Å². The highest BCUT2D eigenvalue weighted by Gasteiger charge is 2.15. The third kappa shape index (κ3) is 6.10. The molecule has 0 aliphatic heterocycles. The zero-order valence-electron chi connectivity index (χ0n) is 18.8. The van der Waals surface area contributed by atoms with Gasteiger partial charge in [-0.05, 0) is 30.2 Å². The number of hydrogen-bond donors (Lipinski definition) is 1. The first-order valence-electron chi connectivity index (χ1n) is 10.4. The largest absolute Gasteiger partial charge is 0.467 e. The monoisotopic (exact) mass is 482 g/mol. The van der Waals surface area contributed by atoms with E-state index in [-0.39, 0.29) is 42.8 Å². The maximum atomic E-state index is 14.4. The van der Waals surface area contributed by atoms with Crippen molar-refractivity contribution >= 4 is 0 Å². The maximum absolute atomic E-state index is 14.4. The van der Waals surface area contributed by atoms with Gasteiger partial charge in [0.25, 0.3) is 11.6 Å². The molecule has 4 rings (SSSR count). The number of benzene rings is 1. The van der Waals surface area contributed by atoms with Crippen LogP contribution < -0.4 is 19.8 Å². The third-order valence-corrected chi connectivity index (χ3v) is 4.77. The molecule has 0 radical (unpaired) electrons. The number of hydrogen-bond acceptors (Lipinski definition) is 9. The summed E-state index contributed by atoms with van der Waals surface area (Å²) >= 11 is 0. The average Bonchev–Trinajstić information content (AvgIpc) is 2.85. The van der Waals surface area contributed by atoms with Gasteiger partial charge < -0.3 is 14.2 Å². The predicted molar refractivity (Wildman–Crippen MR) is 119 cm³/mol. The lowest BCUT2D eigenvalue weighted by Crippen LogP contribution is -2.16. The fourth-order valence-electron chi connectivity index (χ4n) is 3.03. The van der Waals surface area contributed by atoms with E-state index in [2.05, 4.69) is 29.9 Å². The second-order valence-electron chi connectivity index (χ2n) is 7.35. The van der Waals surface area contributed by atoms with Crippen molar-refractivity contribution in [2.45, 2.75) is 19.8 Å². The number of nitrogens with zero attached hydrogens (tertiary/aromatic N) is 5. The predicted octanol–water partition coefficient (Wildman–Crippen LogP) is 2.95. The van der Waals surface area contributed by atoms with Crippen molar-refractivity contribution in [2.75, 3.05) is 13.7 Å². The zero-order valence-corrected chi connectivity index (χ0v) is 18.8. The Kier molecular flexibility index (Phi) is 7.19. The van der Waals surface area contributed by atoms with E-state index in [1.807, 2.05) is 0 Å². The van der Waals surface area contributed by atoms with Crippen LogP contribution in [0.4, 0.5) is 8.78 Å². The molecule has 0 fully saturated rings. The van der Waals surface area contributed by atoms with Gasteiger partial charge in [-0.15, -0.1) is 0 Å². The molecule has 0 saturated heterocycles. The molecule has 35 heavy (non-hydrogen) atoms. The van der Waals surface area contributed by atoms with Crippen molar-refractivity contribution < 1.29 is 23.0 Å². The molecular formula is C23H20F2N6O4. The fourth-order valence-corrected chi connectivity index (χ4v) is 3.03. The molecule has 180 valence electrons. The molecule has 0 atom stereocenters. The molecule has 0 spiro atoms. The molecule has 0 bridgehead atoms. The van der Waals surface area contributed by atoms with E-state index in [0.717, 1.165) is 12.1 Å². The van der Waals surface area contributed by atoms with Crippen molar-refractivity contribution in [3.8, 4) is 23.5 Å². The van der Waals surface area contributed by atoms with Gasteiger partial charge in [-0.25, -0.2) is 33.7 Å². The molecule has 0 saturated carbocycles. The van der Waals surface area contributed by atoms with E-state index < -0.39 is 17.4 Å². The smallest absolute Gasteiger partial charge is 0.316 e. The summed E-state index contributed by atoms with van der Waals surface area (Å²) in [6.45, 7) is 1.71. The van der Waals surface area contributed by atoms with Crippen molar-refractivity contribution in [2.24, 2.45) is 0 Å². The quantitative estimate of drug-likeness (QED) is 0.383. The summed E-state index contributed by atoms with van der Waals surface area (Å²) in [5.41, 5.74) is 1.05. The van der Waals surface area contributed by atoms with E-state index in [9.17, 15) is 13.6 Å². The van der Waals surface area contributed by atoms with Crippen LogP contribution in [0.1, 0.15) is 22.5 Å². The number of ether oxygens (including phenoxy) is 3. The van der Waals surface area contributed by atoms with Gasteiger partial charge in [-0.1, -0.05) is 0 Å². The summed E-state index contributed by atoms with van der Waals surface area (Å²) in [6.07, 6.45) is 7.58. The summed E-state index contributed by atoms with van der Waals surface area (Å²) in [6, 6.07) is 2.51. The highest BCUT2D eigenvalue weighted by Crippen LogP contribution is 2.28. The molecule has 1 N–H and O–H groups in total. The van der Waals surface area contributed by atoms with Gasteiger partial charge in [0.2, 0.25) is 0 Å². The van der Waals surface area contributed by atoms with Crippen LogP contribution in [-0.4, -0.2) is 43.6 Å². The highest BCUT2D eigenvalue weighted by atomic mass is 19.1. The van der Waals surface area contributed by atoms with Gasteiger partial charge in [0.15, 0.2) is 23.1 Å². The Morgan fingerprint density at radius 2 is 1.60 bits per heavy atom. The molecule has 0 unspecified atom stereocenters. The van der Waals surface area contributed by atoms with Crippen LogP contribution in [0, 0.1) is 18.6 Å². The SMILES string of the molecule is COc1ncc(Cc2cnc(OCCc3cc(F)c(Oc4cnc(C)nc4)c(F)c3)[nH]c2=O)cn1. The van der Waals surface area contributed by atoms with Gasteiger partial charge in [-0.2, -0.15) is 0 Å². The molecule has 3 heterocycles. The van der Waals surface area contributed by atoms with Crippen LogP contribution >= 0.6 is 0 Å². The van der Waals surface area contributed by atoms with Gasteiger partial charge in [0.05, 0.1) is 26.1 Å². The molecule has 4 aromatic rings. The Bertz CT molecular complexity index is 1340. The number of aryl methyl sites for hydroxylation is 1. The van der Waals surface area contributed by atoms with Gasteiger partial charge in [-0.3, -0.25) is 9.78 Å². The minimum atomic E-state index is -0.876. The van der Waals surface area contributed by atoms with Gasteiger partial charge in [0, 0.05) is 37.0 Å². The van der Waals surface area contributed by atoms with Crippen molar-refractivity contribution in [1.29, 1.82) is 0 Å². The Balaban J connectivity index is 1.34. The number of aromatic nitrogens is 6. The second kappa shape index (κ2) is 10.6. The number of methoxy groups -OCH3 is 1. The molecule has 3 aromatic heterocycles. The van der Waals surface area contributed by atoms with E-state index >= 15 is 0 Å². The summed E-state index contributed by atoms with van der Waals surface area (Å²) in [5, 5.41) is 0. The molecule has 0 aliphatic rings. The number of rotatable bonds is 9. The first-order valence-corrected chi connectivity index (χ1v) is 10.4. The Morgan fingerprint density at radius 3 is 2.23 bits per heavy atom. The molecule has 10 nitrogen and oxygen atoms in total. The third-order valence-electron chi connectivity index (χ3n) is 4.77. The number of halogens is 2. The van der Waals surface area contributed by atoms with E-state index in [1.54, 1.807) is 19.3 Å². The lowest BCUT2D eigenvalue weighted by Gasteiger charge is -2.10. The van der Waals surface area contributed by atoms with Crippen LogP contribution in [0.5, 0.6) is 23.5 Å². The first kappa shape index (κ1) is 23.7. The van der Waals surface area contributed by atoms with E-state index in [0.29, 0.717) is 22.5 Å². The summed E-state index contributed by atoms with van der Waals surface area (Å²) in [4.78, 5) is 34.8. The van der Waals surface area contributed by atoms with E-state index in [1.165, 1.54) is 25.7 Å². The van der Waals surface area contributed by atoms with Crippen molar-refractivity contribution in [3.05, 3.63) is 87.6 Å². The Hall–Kier alpha value is -4.48. The highest BCUT2D eigenvalue weighted by molar-refractivity contribution is 5.34. The lowest BCUT2D eigenvalue weighted by atomic mass is 10.1. The minimum Gasteiger partial charge on any atom is -0.467 e. The molecule has 0 amide bonds. The first-order chi connectivity index (χ1) is 16.9. The van der Waals surface area contributed by atoms with Crippen LogP contribution in [0.3, 0.4) is 0 Å². The fraction of sp³-hybridized carbons (Fsp3) is 0.217. The van der Waals surface area contributed by atoms with Gasteiger partial charge >= 0.3 is 6.01 Å². The van der Waals surface area contributed by atoms with Crippen molar-refractivity contribution in [1.82, 2.24) is 29.9 Å². The normalized spacial score (nSPS) is 10.7. The number of aromatic amines is 1. The van der Waals surface area contributed by atoms with Gasteiger partial charge in [0.1, 0.15) is 5.82 Å². The van der Waals surface area contributed by atoms with E-state index in [4.69, 9.17) is 14.2 Å². The Morgan fingerprint density at radius 1 is 0.914 bits per heavy atom. The Labute approximate surface area is 198 Å². The summed E-state index contributed by atoms with van der Waals surface area (Å²) in [5.74, 6) is -1.68. The second-order valence-corrected chi connectivity index (χ2v) is 7.35. The van der Waals surface area contributed by atoms with Crippen LogP contribution in [-0.2, 0) is 12.8 Å². The zero-order chi connectivity index (χ0) is 24.8. The average molecular weight is 482 g/mol. The molecule has 0 aliphatic carbocycles. The van der Waals surface area contributed by atoms with Crippen LogP contribution in [0.15, 0.2) is 47.9 Å².